The van der Waals surface area contributed by atoms with Gasteiger partial charge in [0.15, 0.2) is 0 Å². The fraction of sp³-hybridized carbons (Fsp3) is 0. The minimum Gasteiger partial charge on any atom is -0.464 e. The number of hydrogen-bond donors (Lipinski definition) is 0. The first kappa shape index (κ1) is 6.23. The topological polar surface area (TPSA) is 13.1 Å². The van der Waals surface area contributed by atoms with Crippen molar-refractivity contribution in [3.05, 3.63) is 42.7 Å². The lowest BCUT2D eigenvalue weighted by atomic mass is 10.1. The summed E-state index contributed by atoms with van der Waals surface area (Å²) in [7, 11) is 0. The molecule has 54 valence electrons. The molecule has 0 amide bonds. The van der Waals surface area contributed by atoms with E-state index in [4.69, 9.17) is 4.42 Å². The van der Waals surface area contributed by atoms with E-state index in [9.17, 15) is 0 Å². The quantitative estimate of drug-likeness (QED) is 0.599. The molecule has 1 heteroatoms. The molecule has 0 bridgehead atoms. The number of furan rings is 1. The van der Waals surface area contributed by atoms with E-state index in [1.165, 1.54) is 0 Å². The summed E-state index contributed by atoms with van der Waals surface area (Å²) < 4.78 is 5.27. The van der Waals surface area contributed by atoms with Gasteiger partial charge in [-0.3, -0.25) is 0 Å². The molecule has 0 saturated heterocycles. The number of para-hydroxylation sites is 1. The van der Waals surface area contributed by atoms with Crippen molar-refractivity contribution in [1.29, 1.82) is 0 Å². The van der Waals surface area contributed by atoms with E-state index in [1.54, 1.807) is 12.3 Å². The summed E-state index contributed by atoms with van der Waals surface area (Å²) >= 11 is 0. The zero-order valence-electron chi connectivity index (χ0n) is 6.08. The maximum atomic E-state index is 5.27. The van der Waals surface area contributed by atoms with Gasteiger partial charge in [-0.15, -0.1) is 0 Å². The van der Waals surface area contributed by atoms with Gasteiger partial charge in [0.25, 0.3) is 0 Å². The van der Waals surface area contributed by atoms with Gasteiger partial charge in [0.1, 0.15) is 5.58 Å². The summed E-state index contributed by atoms with van der Waals surface area (Å²) in [6, 6.07) is 7.95. The van der Waals surface area contributed by atoms with Crippen LogP contribution in [0.3, 0.4) is 0 Å². The highest BCUT2D eigenvalue weighted by Gasteiger charge is 1.98. The first-order valence-corrected chi connectivity index (χ1v) is 3.50. The lowest BCUT2D eigenvalue weighted by Crippen LogP contribution is -1.70. The minimum absolute atomic E-state index is 0.919. The van der Waals surface area contributed by atoms with E-state index in [0.717, 1.165) is 16.5 Å². The summed E-state index contributed by atoms with van der Waals surface area (Å²) in [6.07, 6.45) is 3.49. The molecule has 0 radical (unpaired) electrons. The first-order chi connectivity index (χ1) is 5.42. The van der Waals surface area contributed by atoms with Crippen LogP contribution in [0.4, 0.5) is 0 Å². The first-order valence-electron chi connectivity index (χ1n) is 3.50. The zero-order chi connectivity index (χ0) is 7.68. The Labute approximate surface area is 64.9 Å². The fourth-order valence-corrected chi connectivity index (χ4v) is 1.18. The third kappa shape index (κ3) is 0.855. The molecular weight excluding hydrogens is 136 g/mol. The van der Waals surface area contributed by atoms with E-state index < -0.39 is 0 Å². The zero-order valence-corrected chi connectivity index (χ0v) is 6.08. The van der Waals surface area contributed by atoms with Crippen molar-refractivity contribution >= 4 is 17.0 Å². The molecule has 0 aliphatic rings. The molecular formula is C10H8O. The molecule has 2 aromatic rings. The number of benzene rings is 1. The second-order valence-corrected chi connectivity index (χ2v) is 2.39. The third-order valence-corrected chi connectivity index (χ3v) is 1.73. The van der Waals surface area contributed by atoms with Crippen molar-refractivity contribution in [3.63, 3.8) is 0 Å². The van der Waals surface area contributed by atoms with Gasteiger partial charge in [-0.2, -0.15) is 0 Å². The van der Waals surface area contributed by atoms with Gasteiger partial charge in [0.05, 0.1) is 6.26 Å². The van der Waals surface area contributed by atoms with Gasteiger partial charge in [-0.1, -0.05) is 30.9 Å². The van der Waals surface area contributed by atoms with E-state index in [2.05, 4.69) is 6.58 Å². The molecule has 2 rings (SSSR count). The van der Waals surface area contributed by atoms with Crippen LogP contribution in [-0.4, -0.2) is 0 Å². The molecule has 1 nitrogen and oxygen atoms in total. The van der Waals surface area contributed by atoms with Crippen molar-refractivity contribution in [2.45, 2.75) is 0 Å². The molecule has 11 heavy (non-hydrogen) atoms. The highest BCUT2D eigenvalue weighted by molar-refractivity contribution is 5.85. The van der Waals surface area contributed by atoms with Crippen LogP contribution in [0, 0.1) is 0 Å². The van der Waals surface area contributed by atoms with Gasteiger partial charge in [0.2, 0.25) is 0 Å². The van der Waals surface area contributed by atoms with Crippen LogP contribution in [-0.2, 0) is 0 Å². The summed E-state index contributed by atoms with van der Waals surface area (Å²) in [4.78, 5) is 0. The van der Waals surface area contributed by atoms with E-state index in [1.807, 2.05) is 24.3 Å². The Balaban J connectivity index is 2.88. The molecule has 1 aromatic carbocycles. The lowest BCUT2D eigenvalue weighted by molar-refractivity contribution is 0.615. The summed E-state index contributed by atoms with van der Waals surface area (Å²) in [5, 5.41) is 1.13. The smallest absolute Gasteiger partial charge is 0.141 e. The van der Waals surface area contributed by atoms with Gasteiger partial charge in [-0.25, -0.2) is 0 Å². The number of rotatable bonds is 1. The second-order valence-electron chi connectivity index (χ2n) is 2.39. The van der Waals surface area contributed by atoms with Crippen LogP contribution in [0.5, 0.6) is 0 Å². The van der Waals surface area contributed by atoms with Gasteiger partial charge in [-0.05, 0) is 6.07 Å². The molecule has 0 unspecified atom stereocenters. The Bertz CT molecular complexity index is 384. The van der Waals surface area contributed by atoms with Crippen molar-refractivity contribution in [1.82, 2.24) is 0 Å². The normalized spacial score (nSPS) is 10.2. The molecule has 0 saturated carbocycles. The highest BCUT2D eigenvalue weighted by Crippen LogP contribution is 2.19. The average Bonchev–Trinajstić information content (AvgIpc) is 2.50. The van der Waals surface area contributed by atoms with Crippen molar-refractivity contribution in [2.75, 3.05) is 0 Å². The van der Waals surface area contributed by atoms with Crippen LogP contribution in [0.1, 0.15) is 5.56 Å². The summed E-state index contributed by atoms with van der Waals surface area (Å²) in [5.74, 6) is 0. The highest BCUT2D eigenvalue weighted by atomic mass is 16.3. The SMILES string of the molecule is C=Cc1cccc2ccoc12. The fourth-order valence-electron chi connectivity index (χ4n) is 1.18. The maximum absolute atomic E-state index is 5.27. The second kappa shape index (κ2) is 2.27. The summed E-state index contributed by atoms with van der Waals surface area (Å²) in [5.41, 5.74) is 1.97. The standard InChI is InChI=1S/C10H8O/c1-2-8-4-3-5-9-6-7-11-10(8)9/h2-7H,1H2. The Morgan fingerprint density at radius 2 is 2.18 bits per heavy atom. The summed E-state index contributed by atoms with van der Waals surface area (Å²) in [6.45, 7) is 3.70. The van der Waals surface area contributed by atoms with E-state index in [0.29, 0.717) is 0 Å². The monoisotopic (exact) mass is 144 g/mol. The van der Waals surface area contributed by atoms with Crippen molar-refractivity contribution in [2.24, 2.45) is 0 Å². The van der Waals surface area contributed by atoms with E-state index >= 15 is 0 Å². The van der Waals surface area contributed by atoms with Crippen LogP contribution < -0.4 is 0 Å². The predicted octanol–water partition coefficient (Wildman–Crippen LogP) is 3.08. The van der Waals surface area contributed by atoms with Crippen LogP contribution in [0.2, 0.25) is 0 Å². The average molecular weight is 144 g/mol. The molecule has 0 atom stereocenters. The van der Waals surface area contributed by atoms with Crippen LogP contribution in [0.15, 0.2) is 41.5 Å². The lowest BCUT2D eigenvalue weighted by Gasteiger charge is -1.92. The Morgan fingerprint density at radius 1 is 1.27 bits per heavy atom. The van der Waals surface area contributed by atoms with Crippen molar-refractivity contribution in [3.8, 4) is 0 Å². The maximum Gasteiger partial charge on any atom is 0.141 e. The van der Waals surface area contributed by atoms with Gasteiger partial charge in [0, 0.05) is 10.9 Å². The van der Waals surface area contributed by atoms with Crippen molar-refractivity contribution < 1.29 is 4.42 Å². The molecule has 0 spiro atoms. The van der Waals surface area contributed by atoms with Gasteiger partial charge < -0.3 is 4.42 Å². The molecule has 0 aliphatic carbocycles. The van der Waals surface area contributed by atoms with Gasteiger partial charge >= 0.3 is 0 Å². The van der Waals surface area contributed by atoms with Crippen LogP contribution in [0.25, 0.3) is 17.0 Å². The molecule has 0 N–H and O–H groups in total. The molecule has 1 heterocycles. The third-order valence-electron chi connectivity index (χ3n) is 1.73. The Hall–Kier alpha value is -1.50. The van der Waals surface area contributed by atoms with E-state index in [-0.39, 0.29) is 0 Å². The minimum atomic E-state index is 0.919. The number of fused-ring (bicyclic) bond motifs is 1. The van der Waals surface area contributed by atoms with Crippen LogP contribution >= 0.6 is 0 Å². The predicted molar refractivity (Wildman–Crippen MR) is 46.3 cm³/mol. The largest absolute Gasteiger partial charge is 0.464 e. The molecule has 0 fully saturated rings. The Kier molecular flexibility index (Phi) is 1.29. The molecule has 0 aliphatic heterocycles. The number of hydrogen-bond acceptors (Lipinski definition) is 1. The Morgan fingerprint density at radius 3 is 3.00 bits per heavy atom. The molecule has 1 aromatic heterocycles.